The number of thiazole rings is 1. The third-order valence-corrected chi connectivity index (χ3v) is 8.29. The van der Waals surface area contributed by atoms with Gasteiger partial charge >= 0.3 is 5.91 Å². The summed E-state index contributed by atoms with van der Waals surface area (Å²) in [4.78, 5) is 33.7. The van der Waals surface area contributed by atoms with E-state index in [1.54, 1.807) is 30.3 Å². The van der Waals surface area contributed by atoms with Gasteiger partial charge < -0.3 is 28.8 Å². The molecule has 1 N–H and O–H groups in total. The van der Waals surface area contributed by atoms with Crippen molar-refractivity contribution in [2.75, 3.05) is 39.4 Å². The summed E-state index contributed by atoms with van der Waals surface area (Å²) in [7, 11) is 4.44. The molecule has 2 aliphatic rings. The number of benzene rings is 3. The molecule has 0 unspecified atom stereocenters. The molecular weight excluding hydrogens is 560 g/mol. The number of nitrogens with zero attached hydrogens (tertiary/aromatic N) is 2. The first-order chi connectivity index (χ1) is 20.2. The maximum absolute atomic E-state index is 13.8. The molecule has 1 saturated heterocycles. The highest BCUT2D eigenvalue weighted by Gasteiger charge is 2.49. The number of aromatic nitrogens is 1. The number of Topliss-reactive ketones (excluding diaryl/α,β-unsaturated/α-hetero) is 1. The number of aryl methyl sites for hydroxylation is 2. The Morgan fingerprint density at radius 1 is 0.952 bits per heavy atom. The van der Waals surface area contributed by atoms with Gasteiger partial charge in [0.1, 0.15) is 19.0 Å². The maximum Gasteiger partial charge on any atom is 0.301 e. The van der Waals surface area contributed by atoms with Crippen LogP contribution in [0.1, 0.15) is 28.3 Å². The molecule has 2 aliphatic heterocycles. The van der Waals surface area contributed by atoms with Gasteiger partial charge in [-0.25, -0.2) is 4.98 Å². The lowest BCUT2D eigenvalue weighted by Crippen LogP contribution is -2.29. The number of carbonyl (C=O) groups excluding carboxylic acids is 2. The second kappa shape index (κ2) is 10.6. The van der Waals surface area contributed by atoms with E-state index in [1.807, 2.05) is 26.0 Å². The van der Waals surface area contributed by atoms with Crippen LogP contribution in [0.25, 0.3) is 16.0 Å². The number of rotatable bonds is 6. The maximum atomic E-state index is 13.8. The molecule has 0 spiro atoms. The average Bonchev–Trinajstić information content (AvgIpc) is 3.53. The minimum absolute atomic E-state index is 0.113. The number of carbonyl (C=O) groups is 2. The fraction of sp³-hybridized carbons (Fsp3) is 0.258. The van der Waals surface area contributed by atoms with Crippen molar-refractivity contribution < 1.29 is 38.4 Å². The van der Waals surface area contributed by atoms with E-state index in [0.29, 0.717) is 58.2 Å². The molecule has 10 nitrogen and oxygen atoms in total. The van der Waals surface area contributed by atoms with Gasteiger partial charge in [-0.3, -0.25) is 14.5 Å². The molecule has 11 heteroatoms. The highest BCUT2D eigenvalue weighted by Crippen LogP contribution is 2.49. The van der Waals surface area contributed by atoms with Crippen molar-refractivity contribution >= 4 is 44.1 Å². The van der Waals surface area contributed by atoms with E-state index < -0.39 is 17.7 Å². The van der Waals surface area contributed by atoms with Crippen LogP contribution in [0, 0.1) is 13.8 Å². The number of fused-ring (bicyclic) bond motifs is 2. The van der Waals surface area contributed by atoms with Crippen LogP contribution in [0.2, 0.25) is 0 Å². The van der Waals surface area contributed by atoms with Gasteiger partial charge in [0.2, 0.25) is 5.75 Å². The van der Waals surface area contributed by atoms with E-state index >= 15 is 0 Å². The largest absolute Gasteiger partial charge is 0.507 e. The first kappa shape index (κ1) is 27.4. The standard InChI is InChI=1S/C31H28N2O8S/c1-15-10-16(2)25-23(11-15)42-31(32-25)33-26(18-13-21(37-3)29(39-5)22(14-18)38-4)24(28(35)30(33)36)27(34)17-6-7-19-20(12-17)41-9-8-40-19/h6-7,10-14,26,34H,8-9H2,1-5H3/b27-24+/t26-/m0/s1. The minimum Gasteiger partial charge on any atom is -0.507 e. The fourth-order valence-electron chi connectivity index (χ4n) is 5.41. The molecule has 1 atom stereocenters. The molecular formula is C31H28N2O8S. The molecule has 3 heterocycles. The van der Waals surface area contributed by atoms with Crippen LogP contribution >= 0.6 is 11.3 Å². The van der Waals surface area contributed by atoms with E-state index in [9.17, 15) is 14.7 Å². The number of aliphatic hydroxyl groups is 1. The number of ether oxygens (including phenoxy) is 5. The molecule has 42 heavy (non-hydrogen) atoms. The second-order valence-corrected chi connectivity index (χ2v) is 10.9. The molecule has 216 valence electrons. The lowest BCUT2D eigenvalue weighted by atomic mass is 9.94. The molecule has 0 aliphatic carbocycles. The third kappa shape index (κ3) is 4.37. The zero-order valence-electron chi connectivity index (χ0n) is 23.6. The van der Waals surface area contributed by atoms with Crippen molar-refractivity contribution in [3.8, 4) is 28.7 Å². The summed E-state index contributed by atoms with van der Waals surface area (Å²) < 4.78 is 28.8. The predicted molar refractivity (Wildman–Crippen MR) is 157 cm³/mol. The summed E-state index contributed by atoms with van der Waals surface area (Å²) >= 11 is 1.30. The molecule has 6 rings (SSSR count). The molecule has 0 saturated carbocycles. The van der Waals surface area contributed by atoms with Gasteiger partial charge in [-0.1, -0.05) is 17.4 Å². The highest BCUT2D eigenvalue weighted by atomic mass is 32.1. The molecule has 1 amide bonds. The van der Waals surface area contributed by atoms with Gasteiger partial charge in [-0.2, -0.15) is 0 Å². The zero-order chi connectivity index (χ0) is 29.7. The van der Waals surface area contributed by atoms with E-state index in [-0.39, 0.29) is 11.3 Å². The Morgan fingerprint density at radius 3 is 2.31 bits per heavy atom. The van der Waals surface area contributed by atoms with Crippen LogP contribution in [-0.4, -0.2) is 56.3 Å². The summed E-state index contributed by atoms with van der Waals surface area (Å²) in [5.74, 6) is -0.0755. The topological polar surface area (TPSA) is 117 Å². The number of ketones is 1. The molecule has 3 aromatic carbocycles. The highest BCUT2D eigenvalue weighted by molar-refractivity contribution is 7.22. The predicted octanol–water partition coefficient (Wildman–Crippen LogP) is 5.34. The Balaban J connectivity index is 1.60. The number of aliphatic hydroxyl groups excluding tert-OH is 1. The lowest BCUT2D eigenvalue weighted by Gasteiger charge is -2.25. The van der Waals surface area contributed by atoms with E-state index in [2.05, 4.69) is 0 Å². The Hall–Kier alpha value is -4.77. The molecule has 0 radical (unpaired) electrons. The van der Waals surface area contributed by atoms with Crippen molar-refractivity contribution in [3.05, 3.63) is 70.3 Å². The Bertz CT molecular complexity index is 1770. The second-order valence-electron chi connectivity index (χ2n) is 9.91. The minimum atomic E-state index is -1.06. The molecule has 1 aromatic heterocycles. The van der Waals surface area contributed by atoms with Crippen LogP contribution in [-0.2, 0) is 9.59 Å². The Labute approximate surface area is 245 Å². The summed E-state index contributed by atoms with van der Waals surface area (Å²) in [6.07, 6.45) is 0. The summed E-state index contributed by atoms with van der Waals surface area (Å²) in [6, 6.07) is 11.1. The van der Waals surface area contributed by atoms with Crippen LogP contribution in [0.3, 0.4) is 0 Å². The summed E-state index contributed by atoms with van der Waals surface area (Å²) in [5, 5.41) is 12.0. The van der Waals surface area contributed by atoms with Crippen molar-refractivity contribution in [1.29, 1.82) is 0 Å². The van der Waals surface area contributed by atoms with Gasteiger partial charge in [-0.15, -0.1) is 0 Å². The normalized spacial score (nSPS) is 17.5. The van der Waals surface area contributed by atoms with Crippen LogP contribution < -0.4 is 28.6 Å². The smallest absolute Gasteiger partial charge is 0.301 e. The van der Waals surface area contributed by atoms with Crippen molar-refractivity contribution in [2.24, 2.45) is 0 Å². The van der Waals surface area contributed by atoms with Gasteiger partial charge in [0.25, 0.3) is 5.78 Å². The Kier molecular flexibility index (Phi) is 6.90. The van der Waals surface area contributed by atoms with E-state index in [4.69, 9.17) is 28.7 Å². The fourth-order valence-corrected chi connectivity index (χ4v) is 6.58. The third-order valence-electron chi connectivity index (χ3n) is 7.29. The van der Waals surface area contributed by atoms with Gasteiger partial charge in [0, 0.05) is 5.56 Å². The SMILES string of the molecule is COc1cc([C@H]2/C(=C(\O)c3ccc4c(c3)OCCO4)C(=O)C(=O)N2c2nc3c(C)cc(C)cc3s2)cc(OC)c1OC. The number of hydrogen-bond donors (Lipinski definition) is 1. The quantitative estimate of drug-likeness (QED) is 0.181. The number of methoxy groups -OCH3 is 3. The monoisotopic (exact) mass is 588 g/mol. The van der Waals surface area contributed by atoms with Crippen molar-refractivity contribution in [1.82, 2.24) is 4.98 Å². The van der Waals surface area contributed by atoms with Gasteiger partial charge in [0.05, 0.1) is 43.2 Å². The number of hydrogen-bond acceptors (Lipinski definition) is 10. The van der Waals surface area contributed by atoms with Crippen molar-refractivity contribution in [2.45, 2.75) is 19.9 Å². The molecule has 4 aromatic rings. The van der Waals surface area contributed by atoms with E-state index in [0.717, 1.165) is 21.3 Å². The van der Waals surface area contributed by atoms with Gasteiger partial charge in [-0.05, 0) is 66.9 Å². The van der Waals surface area contributed by atoms with Crippen LogP contribution in [0.4, 0.5) is 5.13 Å². The lowest BCUT2D eigenvalue weighted by molar-refractivity contribution is -0.132. The first-order valence-electron chi connectivity index (χ1n) is 13.1. The summed E-state index contributed by atoms with van der Waals surface area (Å²) in [6.45, 7) is 4.70. The van der Waals surface area contributed by atoms with Crippen LogP contribution in [0.5, 0.6) is 28.7 Å². The average molecular weight is 589 g/mol. The first-order valence-corrected chi connectivity index (χ1v) is 14.0. The van der Waals surface area contributed by atoms with Crippen LogP contribution in [0.15, 0.2) is 48.0 Å². The van der Waals surface area contributed by atoms with E-state index in [1.165, 1.54) is 37.6 Å². The van der Waals surface area contributed by atoms with Gasteiger partial charge in [0.15, 0.2) is 28.1 Å². The number of anilines is 1. The molecule has 1 fully saturated rings. The summed E-state index contributed by atoms with van der Waals surface area (Å²) in [5.41, 5.74) is 3.37. The Morgan fingerprint density at radius 2 is 1.64 bits per heavy atom. The number of amides is 1. The molecule has 0 bridgehead atoms. The zero-order valence-corrected chi connectivity index (χ0v) is 24.5. The van der Waals surface area contributed by atoms with Crippen molar-refractivity contribution in [3.63, 3.8) is 0 Å².